The van der Waals surface area contributed by atoms with E-state index in [2.05, 4.69) is 6.92 Å². The molecule has 1 aliphatic rings. The zero-order valence-corrected chi connectivity index (χ0v) is 14.0. The van der Waals surface area contributed by atoms with Crippen LogP contribution in [-0.4, -0.2) is 64.3 Å². The van der Waals surface area contributed by atoms with E-state index in [-0.39, 0.29) is 6.61 Å². The van der Waals surface area contributed by atoms with Gasteiger partial charge in [0.1, 0.15) is 24.4 Å². The second-order valence-corrected chi connectivity index (χ2v) is 6.06. The van der Waals surface area contributed by atoms with E-state index in [0.717, 1.165) is 12.8 Å². The lowest BCUT2D eigenvalue weighted by atomic mass is 9.99. The molecule has 1 rings (SSSR count). The lowest BCUT2D eigenvalue weighted by Crippen LogP contribution is -2.59. The Hall–Kier alpha value is -0.500. The molecule has 0 bridgehead atoms. The van der Waals surface area contributed by atoms with Gasteiger partial charge in [-0.15, -0.1) is 0 Å². The van der Waals surface area contributed by atoms with Crippen molar-refractivity contribution < 1.29 is 29.9 Å². The second-order valence-electron chi connectivity index (χ2n) is 6.06. The van der Waals surface area contributed by atoms with E-state index in [9.17, 15) is 15.3 Å². The predicted octanol–water partition coefficient (Wildman–Crippen LogP) is 1.11. The molecular weight excluding hydrogens is 300 g/mol. The zero-order valence-electron chi connectivity index (χ0n) is 14.0. The summed E-state index contributed by atoms with van der Waals surface area (Å²) in [5, 5.41) is 38.2. The largest absolute Gasteiger partial charge is 0.394 e. The van der Waals surface area contributed by atoms with Crippen molar-refractivity contribution in [3.63, 3.8) is 0 Å². The van der Waals surface area contributed by atoms with Crippen LogP contribution < -0.4 is 0 Å². The Morgan fingerprint density at radius 3 is 2.30 bits per heavy atom. The molecule has 0 amide bonds. The lowest BCUT2D eigenvalue weighted by Gasteiger charge is -2.39. The van der Waals surface area contributed by atoms with E-state index in [1.807, 2.05) is 12.2 Å². The van der Waals surface area contributed by atoms with Crippen LogP contribution in [0.1, 0.15) is 51.9 Å². The Labute approximate surface area is 138 Å². The summed E-state index contributed by atoms with van der Waals surface area (Å²) in [4.78, 5) is 0. The van der Waals surface area contributed by atoms with Crippen LogP contribution in [0.15, 0.2) is 12.2 Å². The lowest BCUT2D eigenvalue weighted by molar-refractivity contribution is -0.298. The van der Waals surface area contributed by atoms with Crippen LogP contribution in [-0.2, 0) is 9.47 Å². The van der Waals surface area contributed by atoms with E-state index < -0.39 is 37.3 Å². The third-order valence-electron chi connectivity index (χ3n) is 4.10. The maximum absolute atomic E-state index is 9.80. The van der Waals surface area contributed by atoms with Crippen molar-refractivity contribution in [1.29, 1.82) is 0 Å². The third-order valence-corrected chi connectivity index (χ3v) is 4.10. The maximum Gasteiger partial charge on any atom is 0.187 e. The molecule has 0 aromatic carbocycles. The first-order valence-corrected chi connectivity index (χ1v) is 8.69. The first-order chi connectivity index (χ1) is 11.1. The number of rotatable bonds is 11. The van der Waals surface area contributed by atoms with E-state index in [1.54, 1.807) is 0 Å². The zero-order chi connectivity index (χ0) is 17.1. The highest BCUT2D eigenvalue weighted by atomic mass is 16.7. The number of hydrogen-bond donors (Lipinski definition) is 4. The van der Waals surface area contributed by atoms with E-state index in [4.69, 9.17) is 14.6 Å². The van der Waals surface area contributed by atoms with Crippen molar-refractivity contribution in [2.24, 2.45) is 0 Å². The summed E-state index contributed by atoms with van der Waals surface area (Å²) >= 11 is 0. The highest BCUT2D eigenvalue weighted by Crippen LogP contribution is 2.21. The van der Waals surface area contributed by atoms with Crippen molar-refractivity contribution in [3.05, 3.63) is 12.2 Å². The van der Waals surface area contributed by atoms with Crippen molar-refractivity contribution >= 4 is 0 Å². The van der Waals surface area contributed by atoms with Gasteiger partial charge in [0.05, 0.1) is 13.2 Å². The highest BCUT2D eigenvalue weighted by Gasteiger charge is 2.43. The van der Waals surface area contributed by atoms with Crippen LogP contribution in [0.3, 0.4) is 0 Å². The van der Waals surface area contributed by atoms with Gasteiger partial charge in [0.25, 0.3) is 0 Å². The first kappa shape index (κ1) is 20.5. The third kappa shape index (κ3) is 7.28. The van der Waals surface area contributed by atoms with Crippen LogP contribution >= 0.6 is 0 Å². The maximum atomic E-state index is 9.80. The Bertz CT molecular complexity index is 320. The Morgan fingerprint density at radius 2 is 1.61 bits per heavy atom. The van der Waals surface area contributed by atoms with Crippen molar-refractivity contribution in [2.45, 2.75) is 82.6 Å². The Balaban J connectivity index is 2.15. The quantitative estimate of drug-likeness (QED) is 0.334. The molecule has 23 heavy (non-hydrogen) atoms. The van der Waals surface area contributed by atoms with Crippen LogP contribution in [0, 0.1) is 0 Å². The van der Waals surface area contributed by atoms with E-state index >= 15 is 0 Å². The van der Waals surface area contributed by atoms with E-state index in [0.29, 0.717) is 0 Å². The van der Waals surface area contributed by atoms with Gasteiger partial charge in [-0.2, -0.15) is 0 Å². The van der Waals surface area contributed by atoms with Crippen molar-refractivity contribution in [2.75, 3.05) is 13.2 Å². The summed E-state index contributed by atoms with van der Waals surface area (Å²) in [7, 11) is 0. The number of ether oxygens (including phenoxy) is 2. The van der Waals surface area contributed by atoms with Crippen molar-refractivity contribution in [1.82, 2.24) is 0 Å². The minimum atomic E-state index is -1.39. The second kappa shape index (κ2) is 11.9. The van der Waals surface area contributed by atoms with Gasteiger partial charge < -0.3 is 29.9 Å². The molecule has 1 fully saturated rings. The Kier molecular flexibility index (Phi) is 10.7. The fourth-order valence-electron chi connectivity index (χ4n) is 2.58. The molecule has 5 atom stereocenters. The number of hydrogen-bond acceptors (Lipinski definition) is 6. The first-order valence-electron chi connectivity index (χ1n) is 8.69. The molecule has 0 saturated carbocycles. The van der Waals surface area contributed by atoms with E-state index in [1.165, 1.54) is 32.1 Å². The summed E-state index contributed by atoms with van der Waals surface area (Å²) in [6, 6.07) is 0. The summed E-state index contributed by atoms with van der Waals surface area (Å²) in [5.41, 5.74) is 0. The van der Waals surface area contributed by atoms with Crippen LogP contribution in [0.4, 0.5) is 0 Å². The molecule has 1 heterocycles. The van der Waals surface area contributed by atoms with Gasteiger partial charge in [-0.1, -0.05) is 51.2 Å². The fourth-order valence-corrected chi connectivity index (χ4v) is 2.58. The molecule has 0 unspecified atom stereocenters. The average Bonchev–Trinajstić information content (AvgIpc) is 2.56. The summed E-state index contributed by atoms with van der Waals surface area (Å²) < 4.78 is 10.6. The summed E-state index contributed by atoms with van der Waals surface area (Å²) in [6.07, 6.45) is 6.37. The van der Waals surface area contributed by atoms with Crippen LogP contribution in [0.2, 0.25) is 0 Å². The molecule has 6 heteroatoms. The molecule has 6 nitrogen and oxygen atoms in total. The SMILES string of the molecule is CCCCCCCC/C=C/CO[C@@H]1O[C@H](CO)[C@@H](O)[C@H](O)[C@H]1O. The number of unbranched alkanes of at least 4 members (excludes halogenated alkanes) is 6. The Morgan fingerprint density at radius 1 is 0.913 bits per heavy atom. The average molecular weight is 332 g/mol. The smallest absolute Gasteiger partial charge is 0.187 e. The molecule has 0 spiro atoms. The minimum Gasteiger partial charge on any atom is -0.394 e. The highest BCUT2D eigenvalue weighted by molar-refractivity contribution is 4.89. The van der Waals surface area contributed by atoms with Gasteiger partial charge in [-0.05, 0) is 12.8 Å². The summed E-state index contributed by atoms with van der Waals surface area (Å²) in [5.74, 6) is 0. The number of aliphatic hydroxyl groups excluding tert-OH is 4. The number of allylic oxidation sites excluding steroid dienone is 1. The van der Waals surface area contributed by atoms with Crippen LogP contribution in [0.5, 0.6) is 0 Å². The minimum absolute atomic E-state index is 0.249. The molecule has 1 saturated heterocycles. The molecule has 1 aliphatic heterocycles. The predicted molar refractivity (Wildman–Crippen MR) is 86.9 cm³/mol. The van der Waals surface area contributed by atoms with Gasteiger partial charge in [0.15, 0.2) is 6.29 Å². The van der Waals surface area contributed by atoms with Crippen LogP contribution in [0.25, 0.3) is 0 Å². The molecule has 0 aromatic rings. The molecule has 136 valence electrons. The van der Waals surface area contributed by atoms with Gasteiger partial charge >= 0.3 is 0 Å². The normalized spacial score (nSPS) is 31.8. The molecule has 0 aromatic heterocycles. The van der Waals surface area contributed by atoms with Gasteiger partial charge in [0, 0.05) is 0 Å². The molecule has 0 radical (unpaired) electrons. The van der Waals surface area contributed by atoms with Gasteiger partial charge in [0.2, 0.25) is 0 Å². The monoisotopic (exact) mass is 332 g/mol. The molecular formula is C17H32O6. The molecule has 4 N–H and O–H groups in total. The topological polar surface area (TPSA) is 99.4 Å². The molecule has 0 aliphatic carbocycles. The van der Waals surface area contributed by atoms with Crippen molar-refractivity contribution in [3.8, 4) is 0 Å². The number of aliphatic hydroxyl groups is 4. The van der Waals surface area contributed by atoms with Gasteiger partial charge in [-0.3, -0.25) is 0 Å². The summed E-state index contributed by atoms with van der Waals surface area (Å²) in [6.45, 7) is 2.01. The standard InChI is InChI=1S/C17H32O6/c1-2-3-4-5-6-7-8-9-10-11-22-17-16(21)15(20)14(19)13(12-18)23-17/h9-10,13-21H,2-8,11-12H2,1H3/b10-9+/t13-,14-,15+,16-,17-/m1/s1. The fraction of sp³-hybridized carbons (Fsp3) is 0.882. The van der Waals surface area contributed by atoms with Gasteiger partial charge in [-0.25, -0.2) is 0 Å².